The van der Waals surface area contributed by atoms with Crippen LogP contribution in [0.25, 0.3) is 0 Å². The second-order valence-corrected chi connectivity index (χ2v) is 25.3. The summed E-state index contributed by atoms with van der Waals surface area (Å²) in [6.07, 6.45) is 88.5. The monoisotopic (exact) mass is 1130 g/mol. The fraction of sp³-hybridized carbons (Fsp3) is 0.919. The first kappa shape index (κ1) is 78.3. The van der Waals surface area contributed by atoms with Crippen molar-refractivity contribution >= 4 is 11.9 Å². The van der Waals surface area contributed by atoms with Crippen LogP contribution in [0.3, 0.4) is 0 Å². The van der Waals surface area contributed by atoms with Gasteiger partial charge in [0.25, 0.3) is 0 Å². The Hall–Kier alpha value is -1.66. The van der Waals surface area contributed by atoms with Gasteiger partial charge in [0, 0.05) is 12.8 Å². The van der Waals surface area contributed by atoms with Crippen LogP contribution in [0.2, 0.25) is 0 Å². The average Bonchev–Trinajstić information content (AvgIpc) is 3.46. The predicted octanol–water partition coefficient (Wildman–Crippen LogP) is 23.7. The normalized spacial score (nSPS) is 12.6. The lowest BCUT2D eigenvalue weighted by atomic mass is 10.0. The standard InChI is InChI=1S/C74H143NO5/c1-3-5-7-9-11-13-15-17-19-20-37-40-44-48-52-56-60-64-68-74(79)80-69-65-61-57-53-49-45-41-38-35-33-31-29-27-25-23-21-22-24-26-28-30-32-34-36-39-43-47-51-55-59-63-67-73(78)75-71(70-76)72(77)66-62-58-54-50-46-42-18-16-14-12-10-8-6-4-2/h19-20,62,66,71-72,76-77H,3-18,21-61,63-65,67-70H2,1-2H3,(H,75,78)/b20-19-,66-62+. The van der Waals surface area contributed by atoms with Crippen molar-refractivity contribution in [1.29, 1.82) is 0 Å². The van der Waals surface area contributed by atoms with Gasteiger partial charge < -0.3 is 20.3 Å². The minimum absolute atomic E-state index is 0.0182. The molecule has 474 valence electrons. The predicted molar refractivity (Wildman–Crippen MR) is 352 cm³/mol. The van der Waals surface area contributed by atoms with Crippen molar-refractivity contribution in [2.45, 2.75) is 424 Å². The molecule has 0 aromatic carbocycles. The molecule has 0 aliphatic carbocycles. The number of ether oxygens (including phenoxy) is 1. The van der Waals surface area contributed by atoms with Crippen LogP contribution < -0.4 is 5.32 Å². The van der Waals surface area contributed by atoms with Gasteiger partial charge in [-0.1, -0.05) is 366 Å². The third-order valence-electron chi connectivity index (χ3n) is 17.2. The number of unbranched alkanes of at least 4 members (excludes halogenated alkanes) is 56. The molecular weight excluding hydrogens is 983 g/mol. The molecule has 0 heterocycles. The molecule has 3 N–H and O–H groups in total. The highest BCUT2D eigenvalue weighted by atomic mass is 16.5. The van der Waals surface area contributed by atoms with Crippen molar-refractivity contribution in [3.8, 4) is 0 Å². The van der Waals surface area contributed by atoms with E-state index in [9.17, 15) is 19.8 Å². The van der Waals surface area contributed by atoms with Gasteiger partial charge in [-0.2, -0.15) is 0 Å². The van der Waals surface area contributed by atoms with Crippen LogP contribution in [0.4, 0.5) is 0 Å². The number of hydrogen-bond acceptors (Lipinski definition) is 5. The highest BCUT2D eigenvalue weighted by Crippen LogP contribution is 2.19. The molecular formula is C74H143NO5. The summed E-state index contributed by atoms with van der Waals surface area (Å²) >= 11 is 0. The van der Waals surface area contributed by atoms with E-state index in [4.69, 9.17) is 4.74 Å². The van der Waals surface area contributed by atoms with E-state index in [-0.39, 0.29) is 18.5 Å². The number of esters is 1. The summed E-state index contributed by atoms with van der Waals surface area (Å²) in [6.45, 7) is 4.94. The number of amides is 1. The first-order valence-corrected chi connectivity index (χ1v) is 36.6. The highest BCUT2D eigenvalue weighted by molar-refractivity contribution is 5.76. The fourth-order valence-electron chi connectivity index (χ4n) is 11.6. The molecule has 0 aromatic rings. The van der Waals surface area contributed by atoms with Crippen LogP contribution in [-0.4, -0.2) is 47.4 Å². The molecule has 1 amide bonds. The quantitative estimate of drug-likeness (QED) is 0.0320. The Morgan fingerprint density at radius 3 is 0.887 bits per heavy atom. The molecule has 0 aromatic heterocycles. The number of nitrogens with one attached hydrogen (secondary N) is 1. The van der Waals surface area contributed by atoms with Crippen LogP contribution in [-0.2, 0) is 14.3 Å². The summed E-state index contributed by atoms with van der Waals surface area (Å²) in [5.74, 6) is -0.0433. The maximum Gasteiger partial charge on any atom is 0.305 e. The van der Waals surface area contributed by atoms with Crippen molar-refractivity contribution in [2.24, 2.45) is 0 Å². The van der Waals surface area contributed by atoms with Crippen molar-refractivity contribution in [2.75, 3.05) is 13.2 Å². The van der Waals surface area contributed by atoms with Gasteiger partial charge in [-0.3, -0.25) is 9.59 Å². The van der Waals surface area contributed by atoms with Crippen LogP contribution >= 0.6 is 0 Å². The molecule has 0 saturated heterocycles. The number of aliphatic hydroxyl groups excluding tert-OH is 2. The molecule has 6 nitrogen and oxygen atoms in total. The topological polar surface area (TPSA) is 95.9 Å². The van der Waals surface area contributed by atoms with Crippen molar-refractivity contribution in [3.63, 3.8) is 0 Å². The van der Waals surface area contributed by atoms with Crippen LogP contribution in [0.1, 0.15) is 412 Å². The van der Waals surface area contributed by atoms with Gasteiger partial charge in [0.2, 0.25) is 5.91 Å². The zero-order chi connectivity index (χ0) is 57.8. The number of aliphatic hydroxyl groups is 2. The Bertz CT molecular complexity index is 1250. The molecule has 0 spiro atoms. The van der Waals surface area contributed by atoms with Gasteiger partial charge >= 0.3 is 5.97 Å². The van der Waals surface area contributed by atoms with Crippen LogP contribution in [0.15, 0.2) is 24.3 Å². The minimum Gasteiger partial charge on any atom is -0.466 e. The first-order valence-electron chi connectivity index (χ1n) is 36.6. The van der Waals surface area contributed by atoms with E-state index in [1.165, 1.54) is 340 Å². The van der Waals surface area contributed by atoms with E-state index in [2.05, 4.69) is 31.3 Å². The summed E-state index contributed by atoms with van der Waals surface area (Å²) < 4.78 is 5.51. The van der Waals surface area contributed by atoms with Crippen molar-refractivity contribution < 1.29 is 24.5 Å². The Balaban J connectivity index is 3.32. The Labute approximate surface area is 501 Å². The van der Waals surface area contributed by atoms with Gasteiger partial charge in [0.1, 0.15) is 0 Å². The van der Waals surface area contributed by atoms with Crippen molar-refractivity contribution in [1.82, 2.24) is 5.32 Å². The van der Waals surface area contributed by atoms with Crippen molar-refractivity contribution in [3.05, 3.63) is 24.3 Å². The summed E-state index contributed by atoms with van der Waals surface area (Å²) in [6, 6.07) is -0.624. The molecule has 6 heteroatoms. The van der Waals surface area contributed by atoms with E-state index in [1.807, 2.05) is 6.08 Å². The smallest absolute Gasteiger partial charge is 0.305 e. The summed E-state index contributed by atoms with van der Waals surface area (Å²) in [4.78, 5) is 24.6. The Morgan fingerprint density at radius 1 is 0.338 bits per heavy atom. The SMILES string of the molecule is CCCCCCCCC/C=C\CCCCCCCCCC(=O)OCCCCCCCCCCCCCCCCCCCCCCCCCCCCCCCCCC(=O)NC(CO)C(O)/C=C/CCCCCCCCCCCCCC. The first-order chi connectivity index (χ1) is 39.5. The third kappa shape index (κ3) is 65.5. The Morgan fingerprint density at radius 2 is 0.588 bits per heavy atom. The molecule has 0 fully saturated rings. The molecule has 0 aliphatic rings. The lowest BCUT2D eigenvalue weighted by Crippen LogP contribution is -2.45. The lowest BCUT2D eigenvalue weighted by molar-refractivity contribution is -0.143. The van der Waals surface area contributed by atoms with E-state index < -0.39 is 12.1 Å². The fourth-order valence-corrected chi connectivity index (χ4v) is 11.6. The third-order valence-corrected chi connectivity index (χ3v) is 17.2. The van der Waals surface area contributed by atoms with Gasteiger partial charge in [-0.15, -0.1) is 0 Å². The van der Waals surface area contributed by atoms with Gasteiger partial charge in [-0.25, -0.2) is 0 Å². The molecule has 0 radical (unpaired) electrons. The summed E-state index contributed by atoms with van der Waals surface area (Å²) in [7, 11) is 0. The average molecular weight is 1130 g/mol. The second kappa shape index (κ2) is 69.8. The zero-order valence-corrected chi connectivity index (χ0v) is 54.3. The largest absolute Gasteiger partial charge is 0.466 e. The molecule has 0 bridgehead atoms. The maximum absolute atomic E-state index is 12.5. The lowest BCUT2D eigenvalue weighted by Gasteiger charge is -2.20. The molecule has 80 heavy (non-hydrogen) atoms. The molecule has 2 unspecified atom stereocenters. The van der Waals surface area contributed by atoms with E-state index >= 15 is 0 Å². The second-order valence-electron chi connectivity index (χ2n) is 25.3. The summed E-state index contributed by atoms with van der Waals surface area (Å²) in [5.41, 5.74) is 0. The van der Waals surface area contributed by atoms with Gasteiger partial charge in [0.15, 0.2) is 0 Å². The minimum atomic E-state index is -0.841. The Kier molecular flexibility index (Phi) is 68.4. The molecule has 0 rings (SSSR count). The zero-order valence-electron chi connectivity index (χ0n) is 54.3. The number of allylic oxidation sites excluding steroid dienone is 3. The number of carbonyl (C=O) groups is 2. The molecule has 0 aliphatic heterocycles. The van der Waals surface area contributed by atoms with Crippen LogP contribution in [0.5, 0.6) is 0 Å². The van der Waals surface area contributed by atoms with E-state index in [0.717, 1.165) is 44.9 Å². The number of carbonyl (C=O) groups excluding carboxylic acids is 2. The highest BCUT2D eigenvalue weighted by Gasteiger charge is 2.18. The maximum atomic E-state index is 12.5. The van der Waals surface area contributed by atoms with Gasteiger partial charge in [0.05, 0.1) is 25.4 Å². The van der Waals surface area contributed by atoms with E-state index in [1.54, 1.807) is 6.08 Å². The number of hydrogen-bond donors (Lipinski definition) is 3. The van der Waals surface area contributed by atoms with Gasteiger partial charge in [-0.05, 0) is 57.8 Å². The number of rotatable bonds is 69. The summed E-state index contributed by atoms with van der Waals surface area (Å²) in [5, 5.41) is 23.2. The molecule has 0 saturated carbocycles. The molecule has 2 atom stereocenters. The van der Waals surface area contributed by atoms with Crippen LogP contribution in [0, 0.1) is 0 Å². The van der Waals surface area contributed by atoms with E-state index in [0.29, 0.717) is 19.4 Å².